The van der Waals surface area contributed by atoms with Crippen LogP contribution >= 0.6 is 11.8 Å². The van der Waals surface area contributed by atoms with Gasteiger partial charge in [0.15, 0.2) is 16.4 Å². The van der Waals surface area contributed by atoms with E-state index in [1.165, 1.54) is 11.8 Å². The molecule has 0 radical (unpaired) electrons. The Morgan fingerprint density at radius 1 is 1.50 bits per heavy atom. The van der Waals surface area contributed by atoms with Crippen LogP contribution in [-0.2, 0) is 19.4 Å². The molecule has 0 aromatic carbocycles. The van der Waals surface area contributed by atoms with Gasteiger partial charge in [0, 0.05) is 12.2 Å². The summed E-state index contributed by atoms with van der Waals surface area (Å²) in [6, 6.07) is 2.78. The third kappa shape index (κ3) is 4.44. The van der Waals surface area contributed by atoms with E-state index in [1.54, 1.807) is 24.6 Å². The van der Waals surface area contributed by atoms with E-state index in [-0.39, 0.29) is 11.5 Å². The van der Waals surface area contributed by atoms with Gasteiger partial charge in [-0.2, -0.15) is 0 Å². The molecule has 120 valence electrons. The number of carbonyl (C=O) groups is 2. The number of nitrogens with zero attached hydrogens (tertiary/aromatic N) is 1. The summed E-state index contributed by atoms with van der Waals surface area (Å²) < 4.78 is 27.5. The Balaban J connectivity index is 1.85. The topological polar surface area (TPSA) is 102 Å². The largest absolute Gasteiger partial charge is 0.452 e. The number of hydrogen-bond acceptors (Lipinski definition) is 7. The van der Waals surface area contributed by atoms with Crippen molar-refractivity contribution in [2.45, 2.75) is 17.5 Å². The summed E-state index contributed by atoms with van der Waals surface area (Å²) in [5.41, 5.74) is 0.297. The molecule has 9 heteroatoms. The molecule has 1 fully saturated rings. The van der Waals surface area contributed by atoms with Crippen LogP contribution in [0, 0.1) is 0 Å². The molecule has 1 aromatic heterocycles. The van der Waals surface area contributed by atoms with Crippen LogP contribution in [-0.4, -0.2) is 55.7 Å². The summed E-state index contributed by atoms with van der Waals surface area (Å²) in [5.74, 6) is -1.13. The number of ether oxygens (including phenoxy) is 1. The zero-order valence-corrected chi connectivity index (χ0v) is 13.6. The number of pyridine rings is 1. The fourth-order valence-electron chi connectivity index (χ4n) is 2.10. The van der Waals surface area contributed by atoms with E-state index in [1.807, 2.05) is 0 Å². The number of aromatic nitrogens is 1. The molecule has 2 rings (SSSR count). The number of esters is 1. The van der Waals surface area contributed by atoms with Gasteiger partial charge in [-0.3, -0.25) is 4.79 Å². The number of rotatable bonds is 5. The summed E-state index contributed by atoms with van der Waals surface area (Å²) in [7, 11) is -3.06. The second-order valence-corrected chi connectivity index (χ2v) is 7.83. The minimum absolute atomic E-state index is 0.0636. The monoisotopic (exact) mass is 344 g/mol. The second-order valence-electron chi connectivity index (χ2n) is 4.80. The lowest BCUT2D eigenvalue weighted by molar-refractivity contribution is -0.124. The highest BCUT2D eigenvalue weighted by Crippen LogP contribution is 2.17. The maximum atomic E-state index is 11.9. The van der Waals surface area contributed by atoms with E-state index in [0.29, 0.717) is 17.0 Å². The maximum absolute atomic E-state index is 11.9. The van der Waals surface area contributed by atoms with Crippen LogP contribution in [0.5, 0.6) is 0 Å². The van der Waals surface area contributed by atoms with Crippen LogP contribution < -0.4 is 5.32 Å². The fourth-order valence-corrected chi connectivity index (χ4v) is 4.31. The first-order valence-corrected chi connectivity index (χ1v) is 9.62. The van der Waals surface area contributed by atoms with Crippen LogP contribution in [0.25, 0.3) is 0 Å². The number of hydrogen-bond donors (Lipinski definition) is 1. The molecule has 1 atom stereocenters. The number of thioether (sulfide) groups is 1. The summed E-state index contributed by atoms with van der Waals surface area (Å²) in [5, 5.41) is 3.08. The molecule has 2 heterocycles. The van der Waals surface area contributed by atoms with Crippen LogP contribution in [0.2, 0.25) is 0 Å². The summed E-state index contributed by atoms with van der Waals surface area (Å²) in [4.78, 5) is 27.7. The van der Waals surface area contributed by atoms with Gasteiger partial charge in [0.25, 0.3) is 5.91 Å². The second kappa shape index (κ2) is 7.10. The van der Waals surface area contributed by atoms with Gasteiger partial charge >= 0.3 is 5.97 Å². The third-order valence-corrected chi connectivity index (χ3v) is 5.60. The van der Waals surface area contributed by atoms with Gasteiger partial charge in [-0.05, 0) is 24.8 Å². The van der Waals surface area contributed by atoms with Gasteiger partial charge in [-0.1, -0.05) is 0 Å². The average Bonchev–Trinajstić information content (AvgIpc) is 2.83. The highest BCUT2D eigenvalue weighted by Gasteiger charge is 2.29. The Bertz CT molecular complexity index is 675. The van der Waals surface area contributed by atoms with Gasteiger partial charge in [0.1, 0.15) is 5.03 Å². The predicted octanol–water partition coefficient (Wildman–Crippen LogP) is 0.264. The third-order valence-electron chi connectivity index (χ3n) is 3.12. The standard InChI is InChI=1S/C13H16N2O5S2/c1-21-12-10(3-2-5-14-12)13(17)20-7-11(16)15-9-4-6-22(18,19)8-9/h2-3,5,9H,4,6-8H2,1H3,(H,15,16)/t9-/m1/s1. The van der Waals surface area contributed by atoms with E-state index in [9.17, 15) is 18.0 Å². The van der Waals surface area contributed by atoms with Gasteiger partial charge in [0.05, 0.1) is 17.1 Å². The van der Waals surface area contributed by atoms with Crippen LogP contribution in [0.3, 0.4) is 0 Å². The first-order chi connectivity index (χ1) is 10.4. The van der Waals surface area contributed by atoms with E-state index in [2.05, 4.69) is 10.3 Å². The Morgan fingerprint density at radius 3 is 2.91 bits per heavy atom. The zero-order valence-electron chi connectivity index (χ0n) is 11.9. The Hall–Kier alpha value is -1.61. The molecular weight excluding hydrogens is 328 g/mol. The number of carbonyl (C=O) groups excluding carboxylic acids is 2. The molecule has 0 spiro atoms. The Morgan fingerprint density at radius 2 is 2.27 bits per heavy atom. The van der Waals surface area contributed by atoms with Crippen molar-refractivity contribution in [1.82, 2.24) is 10.3 Å². The van der Waals surface area contributed by atoms with Crippen molar-refractivity contribution in [3.05, 3.63) is 23.9 Å². The molecule has 1 aliphatic rings. The zero-order chi connectivity index (χ0) is 16.2. The lowest BCUT2D eigenvalue weighted by Crippen LogP contribution is -2.38. The van der Waals surface area contributed by atoms with E-state index in [4.69, 9.17) is 4.74 Å². The lowest BCUT2D eigenvalue weighted by atomic mass is 10.2. The van der Waals surface area contributed by atoms with Crippen LogP contribution in [0.15, 0.2) is 23.4 Å². The average molecular weight is 344 g/mol. The first kappa shape index (κ1) is 16.8. The molecule has 0 unspecified atom stereocenters. The van der Waals surface area contributed by atoms with E-state index < -0.39 is 34.4 Å². The summed E-state index contributed by atoms with van der Waals surface area (Å²) in [6.45, 7) is -0.446. The van der Waals surface area contributed by atoms with Crippen LogP contribution in [0.4, 0.5) is 0 Å². The molecule has 0 saturated carbocycles. The first-order valence-electron chi connectivity index (χ1n) is 6.57. The van der Waals surface area contributed by atoms with Crippen molar-refractivity contribution >= 4 is 33.5 Å². The van der Waals surface area contributed by atoms with Gasteiger partial charge < -0.3 is 10.1 Å². The fraction of sp³-hybridized carbons (Fsp3) is 0.462. The minimum atomic E-state index is -3.06. The molecule has 0 aliphatic carbocycles. The van der Waals surface area contributed by atoms with Crippen molar-refractivity contribution < 1.29 is 22.7 Å². The number of sulfone groups is 1. The van der Waals surface area contributed by atoms with Crippen molar-refractivity contribution in [3.8, 4) is 0 Å². The SMILES string of the molecule is CSc1ncccc1C(=O)OCC(=O)N[C@@H]1CCS(=O)(=O)C1. The Labute approximate surface area is 132 Å². The van der Waals surface area contributed by atoms with Crippen LogP contribution in [0.1, 0.15) is 16.8 Å². The quantitative estimate of drug-likeness (QED) is 0.604. The molecule has 1 saturated heterocycles. The van der Waals surface area contributed by atoms with Gasteiger partial charge in [-0.15, -0.1) is 11.8 Å². The van der Waals surface area contributed by atoms with E-state index >= 15 is 0 Å². The summed E-state index contributed by atoms with van der Waals surface area (Å²) in [6.07, 6.45) is 3.74. The highest BCUT2D eigenvalue weighted by molar-refractivity contribution is 7.98. The van der Waals surface area contributed by atoms with Gasteiger partial charge in [-0.25, -0.2) is 18.2 Å². The molecule has 1 amide bonds. The highest BCUT2D eigenvalue weighted by atomic mass is 32.2. The normalized spacial score (nSPS) is 19.6. The number of nitrogens with one attached hydrogen (secondary N) is 1. The van der Waals surface area contributed by atoms with Crippen molar-refractivity contribution in [2.24, 2.45) is 0 Å². The molecule has 1 aliphatic heterocycles. The molecule has 7 nitrogen and oxygen atoms in total. The lowest BCUT2D eigenvalue weighted by Gasteiger charge is -2.11. The molecule has 0 bridgehead atoms. The maximum Gasteiger partial charge on any atom is 0.341 e. The molecular formula is C13H16N2O5S2. The molecule has 1 aromatic rings. The van der Waals surface area contributed by atoms with Crippen molar-refractivity contribution in [3.63, 3.8) is 0 Å². The molecule has 22 heavy (non-hydrogen) atoms. The number of amides is 1. The summed E-state index contributed by atoms with van der Waals surface area (Å²) >= 11 is 1.30. The predicted molar refractivity (Wildman–Crippen MR) is 81.5 cm³/mol. The van der Waals surface area contributed by atoms with Gasteiger partial charge in [0.2, 0.25) is 0 Å². The van der Waals surface area contributed by atoms with Crippen molar-refractivity contribution in [2.75, 3.05) is 24.4 Å². The molecule has 1 N–H and O–H groups in total. The Kier molecular flexibility index (Phi) is 5.41. The minimum Gasteiger partial charge on any atom is -0.452 e. The van der Waals surface area contributed by atoms with Crippen molar-refractivity contribution in [1.29, 1.82) is 0 Å². The van der Waals surface area contributed by atoms with E-state index in [0.717, 1.165) is 0 Å². The smallest absolute Gasteiger partial charge is 0.341 e.